The molecule has 0 fully saturated rings. The third kappa shape index (κ3) is 6.03. The maximum absolute atomic E-state index is 4.37. The number of H-pyrrole nitrogens is 1. The van der Waals surface area contributed by atoms with E-state index in [4.69, 9.17) is 0 Å². The summed E-state index contributed by atoms with van der Waals surface area (Å²) in [5.74, 6) is 0. The summed E-state index contributed by atoms with van der Waals surface area (Å²) in [4.78, 5) is 11.4. The summed E-state index contributed by atoms with van der Waals surface area (Å²) >= 11 is 3.38. The van der Waals surface area contributed by atoms with E-state index in [-0.39, 0.29) is 7.43 Å². The fourth-order valence-corrected chi connectivity index (χ4v) is 3.61. The van der Waals surface area contributed by atoms with Crippen LogP contribution in [0.25, 0.3) is 28.1 Å². The van der Waals surface area contributed by atoms with E-state index in [1.165, 1.54) is 16.7 Å². The van der Waals surface area contributed by atoms with Gasteiger partial charge in [-0.05, 0) is 41.8 Å². The number of rotatable bonds is 3. The SMILES string of the molecule is Brc1ccc(-c2cnc[nH]2)cc1.C.Cn1cnc(-c2ccc(C3=CCNCC3)cc2)c1. The molecular weight excluding hydrogens is 450 g/mol. The van der Waals surface area contributed by atoms with Gasteiger partial charge in [-0.2, -0.15) is 0 Å². The van der Waals surface area contributed by atoms with Gasteiger partial charge in [0.2, 0.25) is 0 Å². The Kier molecular flexibility index (Phi) is 7.98. The van der Waals surface area contributed by atoms with Gasteiger partial charge in [-0.25, -0.2) is 9.97 Å². The molecule has 0 spiro atoms. The Bertz CT molecular complexity index is 1090. The van der Waals surface area contributed by atoms with Crippen molar-refractivity contribution in [1.82, 2.24) is 24.8 Å². The Balaban J connectivity index is 0.000000183. The molecule has 0 atom stereocenters. The number of imidazole rings is 2. The van der Waals surface area contributed by atoms with Crippen LogP contribution in [0.2, 0.25) is 0 Å². The zero-order valence-corrected chi connectivity index (χ0v) is 18.4. The molecule has 2 aromatic carbocycles. The molecule has 5 rings (SSSR count). The monoisotopic (exact) mass is 477 g/mol. The quantitative estimate of drug-likeness (QED) is 0.383. The highest BCUT2D eigenvalue weighted by molar-refractivity contribution is 9.10. The number of aryl methyl sites for hydroxylation is 1. The second-order valence-electron chi connectivity index (χ2n) is 7.16. The molecule has 2 aromatic heterocycles. The maximum atomic E-state index is 4.37. The van der Waals surface area contributed by atoms with E-state index in [1.54, 1.807) is 6.33 Å². The molecule has 31 heavy (non-hydrogen) atoms. The highest BCUT2D eigenvalue weighted by Crippen LogP contribution is 2.23. The number of hydrogen-bond acceptors (Lipinski definition) is 3. The molecule has 5 nitrogen and oxygen atoms in total. The molecular formula is C25H28BrN5. The van der Waals surface area contributed by atoms with Gasteiger partial charge in [-0.3, -0.25) is 0 Å². The van der Waals surface area contributed by atoms with E-state index in [0.717, 1.165) is 40.9 Å². The molecule has 4 aromatic rings. The number of halogens is 1. The van der Waals surface area contributed by atoms with Crippen LogP contribution in [0.5, 0.6) is 0 Å². The Labute approximate surface area is 192 Å². The molecule has 0 bridgehead atoms. The normalized spacial score (nSPS) is 12.9. The summed E-state index contributed by atoms with van der Waals surface area (Å²) < 4.78 is 3.06. The average molecular weight is 478 g/mol. The maximum Gasteiger partial charge on any atom is 0.0951 e. The van der Waals surface area contributed by atoms with E-state index in [1.807, 2.05) is 54.6 Å². The summed E-state index contributed by atoms with van der Waals surface area (Å²) in [5.41, 5.74) is 7.17. The van der Waals surface area contributed by atoms with Gasteiger partial charge >= 0.3 is 0 Å². The molecule has 0 unspecified atom stereocenters. The molecule has 0 saturated carbocycles. The van der Waals surface area contributed by atoms with Crippen molar-refractivity contribution in [2.45, 2.75) is 13.8 Å². The van der Waals surface area contributed by atoms with Crippen molar-refractivity contribution < 1.29 is 0 Å². The molecule has 3 heterocycles. The molecule has 0 radical (unpaired) electrons. The first-order chi connectivity index (χ1) is 14.7. The first kappa shape index (κ1) is 22.7. The molecule has 1 aliphatic rings. The van der Waals surface area contributed by atoms with Crippen LogP contribution in [0.1, 0.15) is 19.4 Å². The van der Waals surface area contributed by atoms with Crippen molar-refractivity contribution in [1.29, 1.82) is 0 Å². The summed E-state index contributed by atoms with van der Waals surface area (Å²) in [6.07, 6.45) is 10.8. The average Bonchev–Trinajstić information content (AvgIpc) is 3.48. The lowest BCUT2D eigenvalue weighted by atomic mass is 9.99. The number of nitrogens with one attached hydrogen (secondary N) is 2. The second-order valence-corrected chi connectivity index (χ2v) is 8.07. The van der Waals surface area contributed by atoms with Gasteiger partial charge in [0.1, 0.15) is 0 Å². The van der Waals surface area contributed by atoms with E-state index < -0.39 is 0 Å². The van der Waals surface area contributed by atoms with Crippen LogP contribution in [0.3, 0.4) is 0 Å². The number of aromatic nitrogens is 4. The number of hydrogen-bond donors (Lipinski definition) is 2. The molecule has 6 heteroatoms. The molecule has 160 valence electrons. The van der Waals surface area contributed by atoms with Gasteiger partial charge in [-0.1, -0.05) is 65.8 Å². The van der Waals surface area contributed by atoms with Crippen LogP contribution in [-0.4, -0.2) is 32.6 Å². The van der Waals surface area contributed by atoms with Crippen LogP contribution >= 0.6 is 15.9 Å². The lowest BCUT2D eigenvalue weighted by Crippen LogP contribution is -2.19. The van der Waals surface area contributed by atoms with Crippen molar-refractivity contribution in [2.75, 3.05) is 13.1 Å². The molecule has 0 saturated heterocycles. The van der Waals surface area contributed by atoms with Crippen LogP contribution in [-0.2, 0) is 7.05 Å². The van der Waals surface area contributed by atoms with Crippen molar-refractivity contribution in [3.05, 3.63) is 89.7 Å². The van der Waals surface area contributed by atoms with E-state index in [2.05, 4.69) is 66.5 Å². The smallest absolute Gasteiger partial charge is 0.0951 e. The van der Waals surface area contributed by atoms with Crippen LogP contribution in [0.15, 0.2) is 84.1 Å². The zero-order valence-electron chi connectivity index (χ0n) is 16.8. The number of aromatic amines is 1. The predicted octanol–water partition coefficient (Wildman–Crippen LogP) is 5.94. The fourth-order valence-electron chi connectivity index (χ4n) is 3.34. The molecule has 2 N–H and O–H groups in total. The number of benzene rings is 2. The minimum absolute atomic E-state index is 0. The van der Waals surface area contributed by atoms with E-state index >= 15 is 0 Å². The molecule has 0 amide bonds. The Morgan fingerprint density at radius 1 is 0.968 bits per heavy atom. The lowest BCUT2D eigenvalue weighted by molar-refractivity contribution is 0.738. The van der Waals surface area contributed by atoms with E-state index in [9.17, 15) is 0 Å². The van der Waals surface area contributed by atoms with Crippen LogP contribution < -0.4 is 5.32 Å². The third-order valence-electron chi connectivity index (χ3n) is 4.97. The number of nitrogens with zero attached hydrogens (tertiary/aromatic N) is 3. The molecule has 0 aliphatic carbocycles. The summed E-state index contributed by atoms with van der Waals surface area (Å²) in [6.45, 7) is 2.06. The third-order valence-corrected chi connectivity index (χ3v) is 5.50. The molecule has 1 aliphatic heterocycles. The Hall–Kier alpha value is -2.96. The highest BCUT2D eigenvalue weighted by atomic mass is 79.9. The van der Waals surface area contributed by atoms with Crippen molar-refractivity contribution >= 4 is 21.5 Å². The predicted molar refractivity (Wildman–Crippen MR) is 133 cm³/mol. The first-order valence-corrected chi connectivity index (χ1v) is 10.7. The standard InChI is InChI=1S/C15H17N3.C9H7BrN2.CH4/c1-18-10-15(17-11-18)14-4-2-12(3-5-14)13-6-8-16-9-7-13;10-8-3-1-7(2-4-8)9-5-11-6-12-9;/h2-6,10-11,16H,7-9H2,1H3;1-6H,(H,11,12);1H4. The van der Waals surface area contributed by atoms with Gasteiger partial charge in [-0.15, -0.1) is 0 Å². The van der Waals surface area contributed by atoms with Gasteiger partial charge in [0.15, 0.2) is 0 Å². The van der Waals surface area contributed by atoms with Crippen molar-refractivity contribution in [2.24, 2.45) is 7.05 Å². The first-order valence-electron chi connectivity index (χ1n) is 9.92. The Morgan fingerprint density at radius 3 is 2.26 bits per heavy atom. The summed E-state index contributed by atoms with van der Waals surface area (Å²) in [6, 6.07) is 16.8. The summed E-state index contributed by atoms with van der Waals surface area (Å²) in [7, 11) is 1.99. The summed E-state index contributed by atoms with van der Waals surface area (Å²) in [5, 5.41) is 3.34. The minimum atomic E-state index is 0. The van der Waals surface area contributed by atoms with Gasteiger partial charge in [0, 0.05) is 29.8 Å². The van der Waals surface area contributed by atoms with Crippen molar-refractivity contribution in [3.63, 3.8) is 0 Å². The Morgan fingerprint density at radius 2 is 1.68 bits per heavy atom. The highest BCUT2D eigenvalue weighted by Gasteiger charge is 2.06. The van der Waals surface area contributed by atoms with Gasteiger partial charge in [0.25, 0.3) is 0 Å². The van der Waals surface area contributed by atoms with Crippen molar-refractivity contribution in [3.8, 4) is 22.5 Å². The van der Waals surface area contributed by atoms with E-state index in [0.29, 0.717) is 0 Å². The topological polar surface area (TPSA) is 58.5 Å². The zero-order chi connectivity index (χ0) is 20.8. The lowest BCUT2D eigenvalue weighted by Gasteiger charge is -2.14. The van der Waals surface area contributed by atoms with Gasteiger partial charge in [0.05, 0.1) is 30.2 Å². The van der Waals surface area contributed by atoms with Gasteiger partial charge < -0.3 is 14.9 Å². The van der Waals surface area contributed by atoms with Crippen LogP contribution in [0.4, 0.5) is 0 Å². The minimum Gasteiger partial charge on any atom is -0.345 e. The van der Waals surface area contributed by atoms with Crippen LogP contribution in [0, 0.1) is 0 Å². The second kappa shape index (κ2) is 10.9. The fraction of sp³-hybridized carbons (Fsp3) is 0.200. The largest absolute Gasteiger partial charge is 0.345 e.